The summed E-state index contributed by atoms with van der Waals surface area (Å²) >= 11 is 0. The van der Waals surface area contributed by atoms with Crippen LogP contribution in [-0.4, -0.2) is 12.1 Å². The van der Waals surface area contributed by atoms with Crippen molar-refractivity contribution in [3.8, 4) is 5.75 Å². The van der Waals surface area contributed by atoms with Crippen LogP contribution in [0.4, 0.5) is 0 Å². The largest absolute Gasteiger partial charge is 0.488 e. The summed E-state index contributed by atoms with van der Waals surface area (Å²) in [4.78, 5) is 0. The van der Waals surface area contributed by atoms with Crippen molar-refractivity contribution in [2.75, 3.05) is 0 Å². The van der Waals surface area contributed by atoms with Crippen LogP contribution in [0.5, 0.6) is 5.75 Å². The first kappa shape index (κ1) is 12.1. The zero-order valence-corrected chi connectivity index (χ0v) is 10.1. The molecule has 3 N–H and O–H groups in total. The number of benzene rings is 1. The molecular formula is C14H20N2O. The number of hydrogen-bond acceptors (Lipinski definition) is 3. The zero-order chi connectivity index (χ0) is 12.1. The summed E-state index contributed by atoms with van der Waals surface area (Å²) in [6.45, 7) is 3.73. The highest BCUT2D eigenvalue weighted by Crippen LogP contribution is 2.30. The van der Waals surface area contributed by atoms with E-state index in [0.29, 0.717) is 0 Å². The number of nitrogens with two attached hydrogens (primary N) is 1. The Morgan fingerprint density at radius 3 is 3.06 bits per heavy atom. The molecule has 1 aromatic rings. The van der Waals surface area contributed by atoms with Crippen molar-refractivity contribution in [3.05, 3.63) is 42.5 Å². The van der Waals surface area contributed by atoms with E-state index in [-0.39, 0.29) is 12.1 Å². The van der Waals surface area contributed by atoms with Crippen LogP contribution in [0.25, 0.3) is 0 Å². The van der Waals surface area contributed by atoms with Crippen molar-refractivity contribution < 1.29 is 4.74 Å². The van der Waals surface area contributed by atoms with E-state index >= 15 is 0 Å². The molecule has 3 nitrogen and oxygen atoms in total. The first-order valence-electron chi connectivity index (χ1n) is 6.16. The van der Waals surface area contributed by atoms with Gasteiger partial charge in [-0.05, 0) is 30.9 Å². The second-order valence-electron chi connectivity index (χ2n) is 4.46. The molecule has 92 valence electrons. The third-order valence-corrected chi connectivity index (χ3v) is 3.26. The van der Waals surface area contributed by atoms with E-state index in [1.54, 1.807) is 0 Å². The Labute approximate surface area is 103 Å². The molecule has 17 heavy (non-hydrogen) atoms. The second kappa shape index (κ2) is 5.84. The van der Waals surface area contributed by atoms with Crippen LogP contribution in [0.15, 0.2) is 36.9 Å². The third kappa shape index (κ3) is 2.87. The fourth-order valence-corrected chi connectivity index (χ4v) is 2.29. The van der Waals surface area contributed by atoms with Gasteiger partial charge in [-0.1, -0.05) is 24.3 Å². The molecule has 1 heterocycles. The lowest BCUT2D eigenvalue weighted by Gasteiger charge is -2.22. The number of unbranched alkanes of at least 4 members (excludes halogenated alkanes) is 1. The van der Waals surface area contributed by atoms with Crippen molar-refractivity contribution in [1.29, 1.82) is 0 Å². The number of rotatable bonds is 6. The lowest BCUT2D eigenvalue weighted by Crippen LogP contribution is -2.46. The summed E-state index contributed by atoms with van der Waals surface area (Å²) in [6, 6.07) is 8.40. The average Bonchev–Trinajstić information content (AvgIpc) is 2.78. The molecule has 0 aromatic heterocycles. The zero-order valence-electron chi connectivity index (χ0n) is 10.1. The van der Waals surface area contributed by atoms with E-state index in [2.05, 4.69) is 18.1 Å². The molecule has 3 heteroatoms. The number of allylic oxidation sites excluding steroid dienone is 1. The van der Waals surface area contributed by atoms with Crippen molar-refractivity contribution >= 4 is 0 Å². The number of ether oxygens (including phenoxy) is 1. The maximum Gasteiger partial charge on any atom is 0.123 e. The standard InChI is InChI=1S/C14H20N2O/c1-2-3-4-8-12(16-15)14-10-11-7-5-6-9-13(11)17-14/h2,5-7,9,12,14,16H,1,3-4,8,10,15H2. The highest BCUT2D eigenvalue weighted by molar-refractivity contribution is 5.37. The predicted molar refractivity (Wildman–Crippen MR) is 69.7 cm³/mol. The topological polar surface area (TPSA) is 47.3 Å². The Morgan fingerprint density at radius 1 is 1.53 bits per heavy atom. The van der Waals surface area contributed by atoms with E-state index in [0.717, 1.165) is 31.4 Å². The quantitative estimate of drug-likeness (QED) is 0.342. The van der Waals surface area contributed by atoms with E-state index in [1.165, 1.54) is 5.56 Å². The summed E-state index contributed by atoms with van der Waals surface area (Å²) in [5, 5.41) is 0. The van der Waals surface area contributed by atoms with Crippen molar-refractivity contribution in [2.24, 2.45) is 5.84 Å². The van der Waals surface area contributed by atoms with Gasteiger partial charge in [-0.2, -0.15) is 0 Å². The smallest absolute Gasteiger partial charge is 0.123 e. The molecule has 2 rings (SSSR count). The molecule has 1 aliphatic rings. The molecular weight excluding hydrogens is 212 g/mol. The number of nitrogens with one attached hydrogen (secondary N) is 1. The molecule has 0 fully saturated rings. The Balaban J connectivity index is 1.93. The van der Waals surface area contributed by atoms with Gasteiger partial charge in [0.05, 0.1) is 6.04 Å². The van der Waals surface area contributed by atoms with Gasteiger partial charge in [0.25, 0.3) is 0 Å². The molecule has 1 aromatic carbocycles. The summed E-state index contributed by atoms with van der Waals surface area (Å²) in [5.41, 5.74) is 4.16. The van der Waals surface area contributed by atoms with Gasteiger partial charge in [-0.25, -0.2) is 0 Å². The van der Waals surface area contributed by atoms with Crippen molar-refractivity contribution in [2.45, 2.75) is 37.8 Å². The number of fused-ring (bicyclic) bond motifs is 1. The SMILES string of the molecule is C=CCCCC(NN)C1Cc2ccccc2O1. The third-order valence-electron chi connectivity index (χ3n) is 3.26. The van der Waals surface area contributed by atoms with E-state index in [1.807, 2.05) is 24.3 Å². The van der Waals surface area contributed by atoms with Gasteiger partial charge in [0.2, 0.25) is 0 Å². The van der Waals surface area contributed by atoms with Gasteiger partial charge in [0, 0.05) is 6.42 Å². The lowest BCUT2D eigenvalue weighted by molar-refractivity contribution is 0.171. The molecule has 2 unspecified atom stereocenters. The van der Waals surface area contributed by atoms with Gasteiger partial charge in [0.15, 0.2) is 0 Å². The van der Waals surface area contributed by atoms with E-state index < -0.39 is 0 Å². The van der Waals surface area contributed by atoms with Crippen LogP contribution >= 0.6 is 0 Å². The first-order valence-corrected chi connectivity index (χ1v) is 6.16. The van der Waals surface area contributed by atoms with Crippen LogP contribution in [0.1, 0.15) is 24.8 Å². The monoisotopic (exact) mass is 232 g/mol. The minimum absolute atomic E-state index is 0.155. The molecule has 0 spiro atoms. The molecule has 0 saturated heterocycles. The fraction of sp³-hybridized carbons (Fsp3) is 0.429. The Morgan fingerprint density at radius 2 is 2.35 bits per heavy atom. The van der Waals surface area contributed by atoms with Crippen LogP contribution in [0.3, 0.4) is 0 Å². The lowest BCUT2D eigenvalue weighted by atomic mass is 10.0. The first-order chi connectivity index (χ1) is 8.35. The fourth-order valence-electron chi connectivity index (χ4n) is 2.29. The van der Waals surface area contributed by atoms with Gasteiger partial charge in [0.1, 0.15) is 11.9 Å². The molecule has 0 bridgehead atoms. The number of para-hydroxylation sites is 1. The van der Waals surface area contributed by atoms with Crippen LogP contribution in [0, 0.1) is 0 Å². The van der Waals surface area contributed by atoms with Gasteiger partial charge >= 0.3 is 0 Å². The number of hydrazine groups is 1. The molecule has 1 aliphatic heterocycles. The summed E-state index contributed by atoms with van der Waals surface area (Å²) in [6.07, 6.45) is 6.17. The van der Waals surface area contributed by atoms with Gasteiger partial charge < -0.3 is 4.74 Å². The molecule has 0 aliphatic carbocycles. The maximum absolute atomic E-state index is 5.92. The Bertz CT molecular complexity index is 353. The normalized spacial score (nSPS) is 19.5. The minimum Gasteiger partial charge on any atom is -0.488 e. The highest BCUT2D eigenvalue weighted by atomic mass is 16.5. The predicted octanol–water partition coefficient (Wildman–Crippen LogP) is 2.18. The molecule has 0 saturated carbocycles. The Hall–Kier alpha value is -1.32. The summed E-state index contributed by atoms with van der Waals surface area (Å²) < 4.78 is 5.92. The van der Waals surface area contributed by atoms with E-state index in [4.69, 9.17) is 10.6 Å². The number of hydrogen-bond donors (Lipinski definition) is 2. The van der Waals surface area contributed by atoms with Crippen molar-refractivity contribution in [1.82, 2.24) is 5.43 Å². The summed E-state index contributed by atoms with van der Waals surface area (Å²) in [5.74, 6) is 6.62. The molecule has 0 amide bonds. The Kier molecular flexibility index (Phi) is 4.18. The van der Waals surface area contributed by atoms with Crippen LogP contribution < -0.4 is 16.0 Å². The van der Waals surface area contributed by atoms with E-state index in [9.17, 15) is 0 Å². The van der Waals surface area contributed by atoms with Gasteiger partial charge in [-0.3, -0.25) is 11.3 Å². The molecule has 2 atom stereocenters. The maximum atomic E-state index is 5.92. The second-order valence-corrected chi connectivity index (χ2v) is 4.46. The van der Waals surface area contributed by atoms with Crippen LogP contribution in [0.2, 0.25) is 0 Å². The average molecular weight is 232 g/mol. The van der Waals surface area contributed by atoms with Crippen LogP contribution in [-0.2, 0) is 6.42 Å². The van der Waals surface area contributed by atoms with Gasteiger partial charge in [-0.15, -0.1) is 6.58 Å². The molecule has 0 radical (unpaired) electrons. The summed E-state index contributed by atoms with van der Waals surface area (Å²) in [7, 11) is 0. The van der Waals surface area contributed by atoms with Crippen molar-refractivity contribution in [3.63, 3.8) is 0 Å². The minimum atomic E-state index is 0.155. The highest BCUT2D eigenvalue weighted by Gasteiger charge is 2.28.